The van der Waals surface area contributed by atoms with Gasteiger partial charge in [-0.1, -0.05) is 18.0 Å². The Morgan fingerprint density at radius 2 is 2.00 bits per heavy atom. The molecule has 2 heterocycles. The molecule has 11 heteroatoms. The van der Waals surface area contributed by atoms with Gasteiger partial charge < -0.3 is 14.8 Å². The number of piperidine rings is 1. The number of carbonyl (C=O) groups excluding carboxylic acids is 2. The first-order valence-electron chi connectivity index (χ1n) is 10.5. The van der Waals surface area contributed by atoms with Crippen LogP contribution in [0.4, 0.5) is 5.82 Å². The first-order valence-corrected chi connectivity index (χ1v) is 12.3. The lowest BCUT2D eigenvalue weighted by Crippen LogP contribution is -2.42. The lowest BCUT2D eigenvalue weighted by Gasteiger charge is -2.32. The highest BCUT2D eigenvalue weighted by Crippen LogP contribution is 2.32. The minimum absolute atomic E-state index is 0.0108. The van der Waals surface area contributed by atoms with Crippen molar-refractivity contribution in [1.82, 2.24) is 9.29 Å². The standard InChI is InChI=1S/C22H26ClN3O6S/c1-14-6-4-5-11-26(14)33(29,30)19-12-16(7-9-18(19)31-3)22(28)32-15(2)21(27)25-20-10-8-17(23)13-24-20/h7-10,12-15H,4-6,11H2,1-3H3,(H,24,25,27)/t14-,15-/m0/s1. The number of aromatic nitrogens is 1. The van der Waals surface area contributed by atoms with E-state index in [1.54, 1.807) is 6.07 Å². The molecule has 1 aromatic heterocycles. The van der Waals surface area contributed by atoms with Crippen molar-refractivity contribution in [1.29, 1.82) is 0 Å². The summed E-state index contributed by atoms with van der Waals surface area (Å²) in [6, 6.07) is 6.93. The van der Waals surface area contributed by atoms with E-state index in [9.17, 15) is 18.0 Å². The van der Waals surface area contributed by atoms with Crippen molar-refractivity contribution in [3.8, 4) is 5.75 Å². The molecule has 1 N–H and O–H groups in total. The van der Waals surface area contributed by atoms with Crippen LogP contribution in [-0.2, 0) is 19.6 Å². The Kier molecular flexibility index (Phi) is 7.93. The van der Waals surface area contributed by atoms with Crippen LogP contribution in [0.2, 0.25) is 5.02 Å². The van der Waals surface area contributed by atoms with Crippen LogP contribution in [0.5, 0.6) is 5.75 Å². The number of esters is 1. The van der Waals surface area contributed by atoms with Crippen molar-refractivity contribution in [2.45, 2.75) is 50.2 Å². The number of amides is 1. The number of methoxy groups -OCH3 is 1. The molecule has 0 unspecified atom stereocenters. The molecular formula is C22H26ClN3O6S. The number of hydrogen-bond donors (Lipinski definition) is 1. The lowest BCUT2D eigenvalue weighted by atomic mass is 10.1. The predicted octanol–water partition coefficient (Wildman–Crippen LogP) is 3.49. The van der Waals surface area contributed by atoms with Gasteiger partial charge in [0.2, 0.25) is 10.0 Å². The van der Waals surface area contributed by atoms with Gasteiger partial charge in [0, 0.05) is 18.8 Å². The Morgan fingerprint density at radius 1 is 1.24 bits per heavy atom. The number of halogens is 1. The van der Waals surface area contributed by atoms with E-state index in [1.807, 2.05) is 6.92 Å². The minimum Gasteiger partial charge on any atom is -0.495 e. The molecule has 178 valence electrons. The summed E-state index contributed by atoms with van der Waals surface area (Å²) >= 11 is 5.77. The van der Waals surface area contributed by atoms with E-state index in [-0.39, 0.29) is 28.1 Å². The number of carbonyl (C=O) groups is 2. The molecule has 0 aliphatic carbocycles. The number of sulfonamides is 1. The molecule has 2 aromatic rings. The van der Waals surface area contributed by atoms with Crippen molar-refractivity contribution in [2.75, 3.05) is 19.0 Å². The number of rotatable bonds is 7. The second-order valence-corrected chi connectivity index (χ2v) is 10.0. The van der Waals surface area contributed by atoms with E-state index in [0.717, 1.165) is 19.3 Å². The normalized spacial score (nSPS) is 17.8. The van der Waals surface area contributed by atoms with Crippen molar-refractivity contribution in [3.63, 3.8) is 0 Å². The largest absolute Gasteiger partial charge is 0.495 e. The van der Waals surface area contributed by atoms with Gasteiger partial charge >= 0.3 is 5.97 Å². The Morgan fingerprint density at radius 3 is 2.64 bits per heavy atom. The zero-order valence-electron chi connectivity index (χ0n) is 18.6. The molecule has 2 atom stereocenters. The number of ether oxygens (including phenoxy) is 2. The molecule has 0 saturated carbocycles. The smallest absolute Gasteiger partial charge is 0.338 e. The highest BCUT2D eigenvalue weighted by atomic mass is 35.5. The zero-order valence-corrected chi connectivity index (χ0v) is 20.1. The SMILES string of the molecule is COc1ccc(C(=O)O[C@@H](C)C(=O)Nc2ccc(Cl)cn2)cc1S(=O)(=O)N1CCCC[C@@H]1C. The minimum atomic E-state index is -3.90. The average Bonchev–Trinajstić information content (AvgIpc) is 2.80. The summed E-state index contributed by atoms with van der Waals surface area (Å²) in [5.41, 5.74) is -0.0108. The number of nitrogens with zero attached hydrogens (tertiary/aromatic N) is 2. The molecule has 1 aliphatic rings. The van der Waals surface area contributed by atoms with Crippen LogP contribution in [-0.4, -0.2) is 55.4 Å². The highest BCUT2D eigenvalue weighted by molar-refractivity contribution is 7.89. The fraction of sp³-hybridized carbons (Fsp3) is 0.409. The quantitative estimate of drug-likeness (QED) is 0.584. The predicted molar refractivity (Wildman–Crippen MR) is 123 cm³/mol. The molecule has 9 nitrogen and oxygen atoms in total. The molecule has 1 aliphatic heterocycles. The van der Waals surface area contributed by atoms with E-state index >= 15 is 0 Å². The first-order chi connectivity index (χ1) is 15.6. The second-order valence-electron chi connectivity index (χ2n) is 7.72. The maximum Gasteiger partial charge on any atom is 0.338 e. The Balaban J connectivity index is 1.78. The third kappa shape index (κ3) is 5.82. The van der Waals surface area contributed by atoms with E-state index in [0.29, 0.717) is 11.6 Å². The highest BCUT2D eigenvalue weighted by Gasteiger charge is 2.34. The summed E-state index contributed by atoms with van der Waals surface area (Å²) in [6.07, 6.45) is 2.71. The molecule has 33 heavy (non-hydrogen) atoms. The van der Waals surface area contributed by atoms with Crippen LogP contribution in [0.3, 0.4) is 0 Å². The first kappa shape index (κ1) is 24.9. The molecule has 1 aromatic carbocycles. The van der Waals surface area contributed by atoms with Gasteiger partial charge in [0.15, 0.2) is 6.10 Å². The van der Waals surface area contributed by atoms with Gasteiger partial charge in [-0.2, -0.15) is 4.31 Å². The number of benzene rings is 1. The fourth-order valence-electron chi connectivity index (χ4n) is 3.52. The zero-order chi connectivity index (χ0) is 24.2. The van der Waals surface area contributed by atoms with E-state index < -0.39 is 28.0 Å². The van der Waals surface area contributed by atoms with E-state index in [2.05, 4.69) is 10.3 Å². The summed E-state index contributed by atoms with van der Waals surface area (Å²) in [5.74, 6) is -1.06. The number of nitrogens with one attached hydrogen (secondary N) is 1. The fourth-order valence-corrected chi connectivity index (χ4v) is 5.51. The number of anilines is 1. The van der Waals surface area contributed by atoms with E-state index in [1.165, 1.54) is 48.8 Å². The summed E-state index contributed by atoms with van der Waals surface area (Å²) in [6.45, 7) is 3.66. The van der Waals surface area contributed by atoms with Crippen molar-refractivity contribution in [2.24, 2.45) is 0 Å². The molecule has 1 amide bonds. The molecule has 0 spiro atoms. The molecule has 1 fully saturated rings. The van der Waals surface area contributed by atoms with Crippen molar-refractivity contribution >= 4 is 39.3 Å². The number of pyridine rings is 1. The molecule has 0 bridgehead atoms. The van der Waals surface area contributed by atoms with Gasteiger partial charge in [0.05, 0.1) is 17.7 Å². The van der Waals surface area contributed by atoms with Crippen molar-refractivity contribution in [3.05, 3.63) is 47.1 Å². The maximum atomic E-state index is 13.3. The van der Waals surface area contributed by atoms with Crippen LogP contribution < -0.4 is 10.1 Å². The molecule has 3 rings (SSSR count). The van der Waals surface area contributed by atoms with Gasteiger partial charge in [-0.25, -0.2) is 18.2 Å². The number of hydrogen-bond acceptors (Lipinski definition) is 7. The second kappa shape index (κ2) is 10.5. The summed E-state index contributed by atoms with van der Waals surface area (Å²) in [7, 11) is -2.53. The van der Waals surface area contributed by atoms with Crippen LogP contribution in [0.25, 0.3) is 0 Å². The van der Waals surface area contributed by atoms with Gasteiger partial charge in [-0.3, -0.25) is 4.79 Å². The van der Waals surface area contributed by atoms with Gasteiger partial charge in [0.1, 0.15) is 16.5 Å². The summed E-state index contributed by atoms with van der Waals surface area (Å²) in [5, 5.41) is 2.93. The monoisotopic (exact) mass is 495 g/mol. The summed E-state index contributed by atoms with van der Waals surface area (Å²) in [4.78, 5) is 28.9. The van der Waals surface area contributed by atoms with E-state index in [4.69, 9.17) is 21.1 Å². The molecule has 1 saturated heterocycles. The van der Waals surface area contributed by atoms with Crippen LogP contribution in [0.1, 0.15) is 43.5 Å². The average molecular weight is 496 g/mol. The van der Waals surface area contributed by atoms with Gasteiger partial charge in [0.25, 0.3) is 5.91 Å². The molecular weight excluding hydrogens is 470 g/mol. The Bertz CT molecular complexity index is 1120. The summed E-state index contributed by atoms with van der Waals surface area (Å²) < 4.78 is 38.6. The third-order valence-electron chi connectivity index (χ3n) is 5.36. The van der Waals surface area contributed by atoms with Crippen LogP contribution >= 0.6 is 11.6 Å². The van der Waals surface area contributed by atoms with Crippen molar-refractivity contribution < 1.29 is 27.5 Å². The van der Waals surface area contributed by atoms with Crippen LogP contribution in [0, 0.1) is 0 Å². The Hall–Kier alpha value is -2.69. The van der Waals surface area contributed by atoms with Gasteiger partial charge in [-0.15, -0.1) is 0 Å². The lowest BCUT2D eigenvalue weighted by molar-refractivity contribution is -0.123. The topological polar surface area (TPSA) is 115 Å². The van der Waals surface area contributed by atoms with Gasteiger partial charge in [-0.05, 0) is 57.0 Å². The van der Waals surface area contributed by atoms with Crippen LogP contribution in [0.15, 0.2) is 41.4 Å². The molecule has 0 radical (unpaired) electrons. The Labute approximate surface area is 198 Å². The third-order valence-corrected chi connectivity index (χ3v) is 7.62. The maximum absolute atomic E-state index is 13.3.